The van der Waals surface area contributed by atoms with Crippen LogP contribution in [0.25, 0.3) is 0 Å². The summed E-state index contributed by atoms with van der Waals surface area (Å²) in [5, 5.41) is 0. The van der Waals surface area contributed by atoms with Gasteiger partial charge in [-0.25, -0.2) is 14.0 Å². The van der Waals surface area contributed by atoms with E-state index in [0.717, 1.165) is 6.07 Å². The maximum absolute atomic E-state index is 12.9. The Hall–Kier alpha value is -1.91. The highest BCUT2D eigenvalue weighted by Crippen LogP contribution is 2.16. The van der Waals surface area contributed by atoms with Crippen LogP contribution in [0.4, 0.5) is 4.39 Å². The minimum Gasteiger partial charge on any atom is -0.458 e. The maximum Gasteiger partial charge on any atom is 0.422 e. The van der Waals surface area contributed by atoms with E-state index in [1.807, 2.05) is 0 Å². The molecule has 0 spiro atoms. The topological polar surface area (TPSA) is 52.6 Å². The largest absolute Gasteiger partial charge is 0.458 e. The standard InChI is InChI=1S/C11H11FO4/c1-3-15-10(13)11(14)16-8-4-5-9(12)7(2)6-8/h4-6H,3H2,1-2H3. The molecule has 0 radical (unpaired) electrons. The van der Waals surface area contributed by atoms with Gasteiger partial charge in [-0.1, -0.05) is 0 Å². The van der Waals surface area contributed by atoms with Gasteiger partial charge < -0.3 is 9.47 Å². The first kappa shape index (κ1) is 12.2. The predicted octanol–water partition coefficient (Wildman–Crippen LogP) is 1.60. The molecule has 1 rings (SSSR count). The zero-order chi connectivity index (χ0) is 12.1. The number of hydrogen-bond acceptors (Lipinski definition) is 4. The van der Waals surface area contributed by atoms with Crippen LogP contribution in [-0.4, -0.2) is 18.5 Å². The smallest absolute Gasteiger partial charge is 0.422 e. The van der Waals surface area contributed by atoms with Gasteiger partial charge in [0.15, 0.2) is 0 Å². The third-order valence-electron chi connectivity index (χ3n) is 1.78. The van der Waals surface area contributed by atoms with Crippen LogP contribution in [0.5, 0.6) is 5.75 Å². The fourth-order valence-electron chi connectivity index (χ4n) is 1.02. The average molecular weight is 226 g/mol. The summed E-state index contributed by atoms with van der Waals surface area (Å²) in [6, 6.07) is 3.75. The Morgan fingerprint density at radius 1 is 1.31 bits per heavy atom. The van der Waals surface area contributed by atoms with Gasteiger partial charge in [-0.2, -0.15) is 0 Å². The van der Waals surface area contributed by atoms with Crippen molar-refractivity contribution in [1.29, 1.82) is 0 Å². The summed E-state index contributed by atoms with van der Waals surface area (Å²) in [6.07, 6.45) is 0. The van der Waals surface area contributed by atoms with Gasteiger partial charge in [0.1, 0.15) is 11.6 Å². The Kier molecular flexibility index (Phi) is 3.99. The van der Waals surface area contributed by atoms with Crippen molar-refractivity contribution in [1.82, 2.24) is 0 Å². The van der Waals surface area contributed by atoms with E-state index in [-0.39, 0.29) is 12.4 Å². The Labute approximate surface area is 92.0 Å². The number of esters is 2. The highest BCUT2D eigenvalue weighted by Gasteiger charge is 2.17. The average Bonchev–Trinajstić information content (AvgIpc) is 2.24. The minimum atomic E-state index is -1.12. The summed E-state index contributed by atoms with van der Waals surface area (Å²) < 4.78 is 22.0. The summed E-state index contributed by atoms with van der Waals surface area (Å²) >= 11 is 0. The van der Waals surface area contributed by atoms with Crippen molar-refractivity contribution in [2.75, 3.05) is 6.61 Å². The van der Waals surface area contributed by atoms with Gasteiger partial charge in [0.2, 0.25) is 0 Å². The van der Waals surface area contributed by atoms with E-state index in [1.165, 1.54) is 19.1 Å². The van der Waals surface area contributed by atoms with Crippen molar-refractivity contribution in [2.24, 2.45) is 0 Å². The van der Waals surface area contributed by atoms with Gasteiger partial charge in [0.25, 0.3) is 0 Å². The van der Waals surface area contributed by atoms with Crippen molar-refractivity contribution in [3.05, 3.63) is 29.6 Å². The lowest BCUT2D eigenvalue weighted by Crippen LogP contribution is -2.22. The van der Waals surface area contributed by atoms with Crippen molar-refractivity contribution < 1.29 is 23.5 Å². The van der Waals surface area contributed by atoms with Crippen molar-refractivity contribution in [3.8, 4) is 5.75 Å². The van der Waals surface area contributed by atoms with E-state index in [1.54, 1.807) is 6.92 Å². The van der Waals surface area contributed by atoms with Gasteiger partial charge >= 0.3 is 11.9 Å². The molecular weight excluding hydrogens is 215 g/mol. The molecule has 0 aliphatic heterocycles. The molecule has 0 aliphatic rings. The molecule has 16 heavy (non-hydrogen) atoms. The molecule has 0 aromatic heterocycles. The number of hydrogen-bond donors (Lipinski definition) is 0. The summed E-state index contributed by atoms with van der Waals surface area (Å²) in [4.78, 5) is 22.0. The second-order valence-electron chi connectivity index (χ2n) is 3.02. The Balaban J connectivity index is 2.70. The first-order valence-electron chi connectivity index (χ1n) is 4.69. The molecule has 86 valence electrons. The summed E-state index contributed by atoms with van der Waals surface area (Å²) in [7, 11) is 0. The molecule has 1 aromatic carbocycles. The van der Waals surface area contributed by atoms with Crippen molar-refractivity contribution in [3.63, 3.8) is 0 Å². The second-order valence-corrected chi connectivity index (χ2v) is 3.02. The summed E-state index contributed by atoms with van der Waals surface area (Å²) in [5.41, 5.74) is 0.328. The number of ether oxygens (including phenoxy) is 2. The summed E-state index contributed by atoms with van der Waals surface area (Å²) in [5.74, 6) is -2.48. The number of carbonyl (C=O) groups excluding carboxylic acids is 2. The third kappa shape index (κ3) is 3.05. The molecule has 0 aliphatic carbocycles. The monoisotopic (exact) mass is 226 g/mol. The number of halogens is 1. The van der Waals surface area contributed by atoms with Gasteiger partial charge in [-0.15, -0.1) is 0 Å². The van der Waals surface area contributed by atoms with E-state index < -0.39 is 17.8 Å². The molecule has 0 unspecified atom stereocenters. The molecule has 0 heterocycles. The van der Waals surface area contributed by atoms with Gasteiger partial charge in [-0.3, -0.25) is 0 Å². The number of benzene rings is 1. The molecule has 0 bridgehead atoms. The summed E-state index contributed by atoms with van der Waals surface area (Å²) in [6.45, 7) is 3.20. The number of carbonyl (C=O) groups is 2. The molecule has 0 fully saturated rings. The zero-order valence-corrected chi connectivity index (χ0v) is 8.95. The Morgan fingerprint density at radius 2 is 2.00 bits per heavy atom. The van der Waals surface area contributed by atoms with Crippen LogP contribution >= 0.6 is 0 Å². The minimum absolute atomic E-state index is 0.0936. The number of aryl methyl sites for hydroxylation is 1. The predicted molar refractivity (Wildman–Crippen MR) is 53.4 cm³/mol. The van der Waals surface area contributed by atoms with E-state index in [2.05, 4.69) is 9.47 Å². The van der Waals surface area contributed by atoms with Crippen LogP contribution in [0.1, 0.15) is 12.5 Å². The Morgan fingerprint density at radius 3 is 2.56 bits per heavy atom. The molecule has 0 saturated heterocycles. The fourth-order valence-corrected chi connectivity index (χ4v) is 1.02. The molecule has 5 heteroatoms. The molecule has 0 atom stereocenters. The lowest BCUT2D eigenvalue weighted by atomic mass is 10.2. The highest BCUT2D eigenvalue weighted by atomic mass is 19.1. The van der Waals surface area contributed by atoms with E-state index in [0.29, 0.717) is 5.56 Å². The van der Waals surface area contributed by atoms with Crippen LogP contribution in [0, 0.1) is 12.7 Å². The lowest BCUT2D eigenvalue weighted by Gasteiger charge is -2.04. The van der Waals surface area contributed by atoms with Crippen LogP contribution in [-0.2, 0) is 14.3 Å². The first-order chi connectivity index (χ1) is 7.54. The lowest BCUT2D eigenvalue weighted by molar-refractivity contribution is -0.161. The third-order valence-corrected chi connectivity index (χ3v) is 1.78. The molecule has 0 N–H and O–H groups in total. The zero-order valence-electron chi connectivity index (χ0n) is 8.95. The van der Waals surface area contributed by atoms with Crippen LogP contribution in [0.15, 0.2) is 18.2 Å². The van der Waals surface area contributed by atoms with Crippen LogP contribution in [0.3, 0.4) is 0 Å². The van der Waals surface area contributed by atoms with E-state index in [9.17, 15) is 14.0 Å². The van der Waals surface area contributed by atoms with Gasteiger partial charge in [0, 0.05) is 0 Å². The number of rotatable bonds is 2. The molecular formula is C11H11FO4. The second kappa shape index (κ2) is 5.25. The van der Waals surface area contributed by atoms with E-state index in [4.69, 9.17) is 0 Å². The SMILES string of the molecule is CCOC(=O)C(=O)Oc1ccc(F)c(C)c1. The quantitative estimate of drug-likeness (QED) is 0.436. The molecule has 0 amide bonds. The Bertz CT molecular complexity index is 414. The molecule has 4 nitrogen and oxygen atoms in total. The van der Waals surface area contributed by atoms with Crippen molar-refractivity contribution >= 4 is 11.9 Å². The normalized spacial score (nSPS) is 9.69. The van der Waals surface area contributed by atoms with E-state index >= 15 is 0 Å². The highest BCUT2D eigenvalue weighted by molar-refractivity contribution is 6.30. The van der Waals surface area contributed by atoms with Crippen LogP contribution < -0.4 is 4.74 Å². The van der Waals surface area contributed by atoms with Gasteiger partial charge in [0.05, 0.1) is 6.61 Å². The molecule has 1 aromatic rings. The van der Waals surface area contributed by atoms with Gasteiger partial charge in [-0.05, 0) is 37.6 Å². The van der Waals surface area contributed by atoms with Crippen LogP contribution in [0.2, 0.25) is 0 Å². The maximum atomic E-state index is 12.9. The fraction of sp³-hybridized carbons (Fsp3) is 0.273. The van der Waals surface area contributed by atoms with Crippen molar-refractivity contribution in [2.45, 2.75) is 13.8 Å². The molecule has 0 saturated carbocycles. The first-order valence-corrected chi connectivity index (χ1v) is 4.69.